The van der Waals surface area contributed by atoms with Crippen LogP contribution in [0.2, 0.25) is 0 Å². The summed E-state index contributed by atoms with van der Waals surface area (Å²) in [7, 11) is 0. The highest BCUT2D eigenvalue weighted by Gasteiger charge is 2.35. The number of rotatable bonds is 7. The van der Waals surface area contributed by atoms with E-state index in [0.717, 1.165) is 38.9 Å². The lowest BCUT2D eigenvalue weighted by molar-refractivity contribution is 0.0222. The molecule has 1 aliphatic heterocycles. The van der Waals surface area contributed by atoms with Crippen molar-refractivity contribution in [2.45, 2.75) is 70.3 Å². The van der Waals surface area contributed by atoms with Gasteiger partial charge in [0.15, 0.2) is 0 Å². The fourth-order valence-electron chi connectivity index (χ4n) is 5.34. The Morgan fingerprint density at radius 1 is 1.11 bits per heavy atom. The smallest absolute Gasteiger partial charge is 0.0535 e. The van der Waals surface area contributed by atoms with E-state index in [1.807, 2.05) is 6.20 Å². The molecule has 1 aromatic carbocycles. The van der Waals surface area contributed by atoms with Crippen molar-refractivity contribution >= 4 is 0 Å². The molecule has 152 valence electrons. The Labute approximate surface area is 169 Å². The van der Waals surface area contributed by atoms with Crippen molar-refractivity contribution in [2.24, 2.45) is 5.41 Å². The third-order valence-corrected chi connectivity index (χ3v) is 7.02. The van der Waals surface area contributed by atoms with E-state index in [4.69, 9.17) is 0 Å². The molecule has 1 aromatic heterocycles. The highest BCUT2D eigenvalue weighted by atomic mass is 16.3. The Hall–Kier alpha value is -1.65. The summed E-state index contributed by atoms with van der Waals surface area (Å²) in [6.45, 7) is 3.38. The lowest BCUT2D eigenvalue weighted by Crippen LogP contribution is -2.45. The van der Waals surface area contributed by atoms with Crippen LogP contribution in [0.5, 0.6) is 0 Å². The first-order valence-corrected chi connectivity index (χ1v) is 11.2. The number of aliphatic hydroxyl groups excluding tert-OH is 1. The number of nitrogens with zero attached hydrogens (tertiary/aromatic N) is 2. The predicted molar refractivity (Wildman–Crippen MR) is 113 cm³/mol. The zero-order valence-corrected chi connectivity index (χ0v) is 17.1. The van der Waals surface area contributed by atoms with Crippen LogP contribution in [0.1, 0.15) is 74.1 Å². The zero-order chi connectivity index (χ0) is 19.2. The summed E-state index contributed by atoms with van der Waals surface area (Å²) in [5.74, 6) is 0.664. The second kappa shape index (κ2) is 9.23. The van der Waals surface area contributed by atoms with Gasteiger partial charge in [0, 0.05) is 42.3 Å². The molecule has 2 aromatic rings. The predicted octanol–water partition coefficient (Wildman–Crippen LogP) is 4.66. The molecular weight excluding hydrogens is 346 g/mol. The fourth-order valence-corrected chi connectivity index (χ4v) is 5.34. The maximum atomic E-state index is 10.3. The van der Waals surface area contributed by atoms with Gasteiger partial charge in [-0.3, -0.25) is 10.00 Å². The summed E-state index contributed by atoms with van der Waals surface area (Å²) in [5.41, 5.74) is 4.16. The van der Waals surface area contributed by atoms with Crippen molar-refractivity contribution in [3.8, 4) is 0 Å². The molecule has 2 fully saturated rings. The van der Waals surface area contributed by atoms with E-state index in [9.17, 15) is 5.11 Å². The normalized spacial score (nSPS) is 24.5. The Morgan fingerprint density at radius 3 is 2.71 bits per heavy atom. The van der Waals surface area contributed by atoms with Gasteiger partial charge in [0.2, 0.25) is 0 Å². The zero-order valence-electron chi connectivity index (χ0n) is 17.1. The number of benzene rings is 1. The summed E-state index contributed by atoms with van der Waals surface area (Å²) in [6.07, 6.45) is 13.1. The summed E-state index contributed by atoms with van der Waals surface area (Å²) < 4.78 is 0. The molecule has 0 bridgehead atoms. The van der Waals surface area contributed by atoms with Crippen LogP contribution in [0.4, 0.5) is 0 Å². The second-order valence-electron chi connectivity index (χ2n) is 9.10. The molecule has 2 heterocycles. The number of aromatic nitrogens is 2. The lowest BCUT2D eigenvalue weighted by atomic mass is 9.76. The Morgan fingerprint density at radius 2 is 1.93 bits per heavy atom. The fraction of sp³-hybridized carbons (Fsp3) is 0.625. The van der Waals surface area contributed by atoms with Gasteiger partial charge in [-0.05, 0) is 50.6 Å². The highest BCUT2D eigenvalue weighted by Crippen LogP contribution is 2.37. The number of nitrogens with one attached hydrogen (secondary N) is 1. The van der Waals surface area contributed by atoms with Crippen LogP contribution in [-0.2, 0) is 13.0 Å². The Bertz CT molecular complexity index is 722. The van der Waals surface area contributed by atoms with Crippen LogP contribution < -0.4 is 0 Å². The number of piperidine rings is 1. The van der Waals surface area contributed by atoms with Gasteiger partial charge in [-0.15, -0.1) is 0 Å². The molecule has 4 nitrogen and oxygen atoms in total. The minimum Gasteiger partial charge on any atom is -0.396 e. The lowest BCUT2D eigenvalue weighted by Gasteiger charge is -2.42. The molecule has 1 unspecified atom stereocenters. The maximum Gasteiger partial charge on any atom is 0.0535 e. The van der Waals surface area contributed by atoms with Crippen LogP contribution in [0.25, 0.3) is 0 Å². The van der Waals surface area contributed by atoms with Crippen molar-refractivity contribution < 1.29 is 5.11 Å². The summed E-state index contributed by atoms with van der Waals surface area (Å²) in [6, 6.07) is 10.7. The van der Waals surface area contributed by atoms with E-state index in [-0.39, 0.29) is 12.0 Å². The Kier molecular flexibility index (Phi) is 6.48. The third-order valence-electron chi connectivity index (χ3n) is 7.02. The van der Waals surface area contributed by atoms with Gasteiger partial charge in [0.1, 0.15) is 0 Å². The molecule has 0 amide bonds. The number of aryl methyl sites for hydroxylation is 1. The minimum atomic E-state index is 0.0306. The van der Waals surface area contributed by atoms with Crippen molar-refractivity contribution in [2.75, 3.05) is 19.7 Å². The number of aliphatic hydroxyl groups is 1. The minimum absolute atomic E-state index is 0.0306. The summed E-state index contributed by atoms with van der Waals surface area (Å²) in [5, 5.41) is 18.0. The van der Waals surface area contributed by atoms with E-state index in [1.165, 1.54) is 55.3 Å². The van der Waals surface area contributed by atoms with Gasteiger partial charge in [-0.1, -0.05) is 49.6 Å². The largest absolute Gasteiger partial charge is 0.396 e. The van der Waals surface area contributed by atoms with Crippen molar-refractivity contribution in [3.05, 3.63) is 53.3 Å². The molecule has 28 heavy (non-hydrogen) atoms. The SMILES string of the molecule is OCC1(CCc2ccccc2)CCCN(Cc2cn[nH]c2C2CCCCC2)C1. The molecule has 2 N–H and O–H groups in total. The number of hydrogen-bond donors (Lipinski definition) is 2. The van der Waals surface area contributed by atoms with Crippen LogP contribution in [0.3, 0.4) is 0 Å². The van der Waals surface area contributed by atoms with Gasteiger partial charge < -0.3 is 5.11 Å². The standard InChI is InChI=1S/C24H35N3O/c28-19-24(14-12-20-8-3-1-4-9-20)13-7-15-27(18-24)17-22-16-25-26-23(22)21-10-5-2-6-11-21/h1,3-4,8-9,16,21,28H,2,5-7,10-15,17-19H2,(H,25,26). The van der Waals surface area contributed by atoms with Crippen LogP contribution >= 0.6 is 0 Å². The molecule has 1 aliphatic carbocycles. The summed E-state index contributed by atoms with van der Waals surface area (Å²) in [4.78, 5) is 2.56. The average Bonchev–Trinajstić information content (AvgIpc) is 3.22. The van der Waals surface area contributed by atoms with Crippen LogP contribution in [0.15, 0.2) is 36.5 Å². The van der Waals surface area contributed by atoms with E-state index in [0.29, 0.717) is 5.92 Å². The van der Waals surface area contributed by atoms with E-state index in [2.05, 4.69) is 45.4 Å². The first-order chi connectivity index (χ1) is 13.8. The summed E-state index contributed by atoms with van der Waals surface area (Å²) >= 11 is 0. The van der Waals surface area contributed by atoms with Gasteiger partial charge in [0.05, 0.1) is 6.20 Å². The van der Waals surface area contributed by atoms with Crippen molar-refractivity contribution in [3.63, 3.8) is 0 Å². The van der Waals surface area contributed by atoms with Crippen LogP contribution in [-0.4, -0.2) is 39.9 Å². The number of H-pyrrole nitrogens is 1. The molecule has 1 saturated heterocycles. The molecule has 0 radical (unpaired) electrons. The number of aromatic amines is 1. The monoisotopic (exact) mass is 381 g/mol. The molecular formula is C24H35N3O. The maximum absolute atomic E-state index is 10.3. The molecule has 1 saturated carbocycles. The average molecular weight is 382 g/mol. The van der Waals surface area contributed by atoms with E-state index in [1.54, 1.807) is 0 Å². The first kappa shape index (κ1) is 19.7. The quantitative estimate of drug-likeness (QED) is 0.733. The molecule has 4 heteroatoms. The van der Waals surface area contributed by atoms with E-state index >= 15 is 0 Å². The van der Waals surface area contributed by atoms with Gasteiger partial charge in [-0.2, -0.15) is 5.10 Å². The highest BCUT2D eigenvalue weighted by molar-refractivity contribution is 5.21. The number of hydrogen-bond acceptors (Lipinski definition) is 3. The van der Waals surface area contributed by atoms with Crippen molar-refractivity contribution in [1.82, 2.24) is 15.1 Å². The van der Waals surface area contributed by atoms with Gasteiger partial charge in [-0.25, -0.2) is 0 Å². The Balaban J connectivity index is 1.40. The van der Waals surface area contributed by atoms with E-state index < -0.39 is 0 Å². The van der Waals surface area contributed by atoms with Crippen molar-refractivity contribution in [1.29, 1.82) is 0 Å². The van der Waals surface area contributed by atoms with Crippen LogP contribution in [0, 0.1) is 5.41 Å². The third kappa shape index (κ3) is 4.66. The first-order valence-electron chi connectivity index (χ1n) is 11.2. The number of likely N-dealkylation sites (tertiary alicyclic amines) is 1. The molecule has 1 atom stereocenters. The second-order valence-corrected chi connectivity index (χ2v) is 9.10. The molecule has 0 spiro atoms. The van der Waals surface area contributed by atoms with Gasteiger partial charge in [0.25, 0.3) is 0 Å². The van der Waals surface area contributed by atoms with Gasteiger partial charge >= 0.3 is 0 Å². The molecule has 2 aliphatic rings. The molecule has 4 rings (SSSR count). The topological polar surface area (TPSA) is 52.1 Å².